The highest BCUT2D eigenvalue weighted by atomic mass is 16.3. The molecule has 1 amide bonds. The number of piperidine rings is 2. The Kier molecular flexibility index (Phi) is 6.66. The van der Waals surface area contributed by atoms with Gasteiger partial charge in [-0.2, -0.15) is 0 Å². The zero-order valence-electron chi connectivity index (χ0n) is 21.6. The van der Waals surface area contributed by atoms with Crippen molar-refractivity contribution in [2.45, 2.75) is 37.3 Å². The number of rotatable bonds is 5. The van der Waals surface area contributed by atoms with Gasteiger partial charge in [-0.05, 0) is 43.5 Å². The van der Waals surface area contributed by atoms with E-state index >= 15 is 0 Å². The van der Waals surface area contributed by atoms with E-state index in [4.69, 9.17) is 0 Å². The minimum absolute atomic E-state index is 0.0855. The van der Waals surface area contributed by atoms with Crippen molar-refractivity contribution in [1.29, 1.82) is 0 Å². The molecule has 0 spiro atoms. The van der Waals surface area contributed by atoms with Crippen molar-refractivity contribution in [2.24, 2.45) is 5.92 Å². The van der Waals surface area contributed by atoms with Crippen LogP contribution in [0.4, 0.5) is 0 Å². The predicted octanol–water partition coefficient (Wildman–Crippen LogP) is 1.62. The van der Waals surface area contributed by atoms with Gasteiger partial charge in [0.05, 0.1) is 17.5 Å². The number of carbonyl (C=O) groups excluding carboxylic acids is 1. The quantitative estimate of drug-likeness (QED) is 0.362. The fourth-order valence-corrected chi connectivity index (χ4v) is 6.00. The standard InChI is InChI=1S/C29H32N6O4/c36-25-8-4-7-24(32-25)35-14-10-22-26(35)31-19-34(28(22)38)18-29(39)11-15-33(16-12-29)27(37)21-9-13-30-17-23(21)20-5-2-1-3-6-20/h1-8,10,14,19,21,23,30,39H,9,11-13,15-18H2,(H,32,36)/t21-,23+/m1/s1. The summed E-state index contributed by atoms with van der Waals surface area (Å²) in [4.78, 5) is 47.6. The van der Waals surface area contributed by atoms with Gasteiger partial charge in [-0.1, -0.05) is 36.4 Å². The maximum absolute atomic E-state index is 13.6. The van der Waals surface area contributed by atoms with Crippen LogP contribution < -0.4 is 16.4 Å². The highest BCUT2D eigenvalue weighted by molar-refractivity contribution is 5.80. The van der Waals surface area contributed by atoms with Crippen LogP contribution in [-0.4, -0.2) is 66.8 Å². The Bertz CT molecular complexity index is 1600. The molecule has 6 rings (SSSR count). The molecule has 39 heavy (non-hydrogen) atoms. The summed E-state index contributed by atoms with van der Waals surface area (Å²) in [5.41, 5.74) is -0.0162. The lowest BCUT2D eigenvalue weighted by Crippen LogP contribution is -2.52. The van der Waals surface area contributed by atoms with Crippen LogP contribution in [0.1, 0.15) is 30.7 Å². The van der Waals surface area contributed by atoms with Crippen LogP contribution in [0.5, 0.6) is 0 Å². The Labute approximate surface area is 224 Å². The van der Waals surface area contributed by atoms with Crippen molar-refractivity contribution < 1.29 is 9.90 Å². The molecular formula is C29H32N6O4. The number of aliphatic hydroxyl groups is 1. The molecule has 10 nitrogen and oxygen atoms in total. The number of pyridine rings is 1. The molecule has 2 aliphatic rings. The average molecular weight is 529 g/mol. The van der Waals surface area contributed by atoms with Gasteiger partial charge < -0.3 is 20.3 Å². The summed E-state index contributed by atoms with van der Waals surface area (Å²) in [6.45, 7) is 2.59. The fraction of sp³-hybridized carbons (Fsp3) is 0.379. The van der Waals surface area contributed by atoms with E-state index in [1.165, 1.54) is 22.5 Å². The molecule has 5 heterocycles. The molecule has 2 aliphatic heterocycles. The van der Waals surface area contributed by atoms with Gasteiger partial charge in [0.15, 0.2) is 5.65 Å². The lowest BCUT2D eigenvalue weighted by molar-refractivity contribution is -0.141. The third kappa shape index (κ3) is 4.93. The number of benzene rings is 1. The van der Waals surface area contributed by atoms with Gasteiger partial charge in [0.25, 0.3) is 5.56 Å². The van der Waals surface area contributed by atoms with E-state index in [0.29, 0.717) is 42.8 Å². The summed E-state index contributed by atoms with van der Waals surface area (Å²) in [6, 6.07) is 16.6. The molecule has 2 saturated heterocycles. The first-order chi connectivity index (χ1) is 18.9. The number of hydrogen-bond donors (Lipinski definition) is 3. The highest BCUT2D eigenvalue weighted by Gasteiger charge is 2.39. The molecule has 2 fully saturated rings. The molecular weight excluding hydrogens is 496 g/mol. The van der Waals surface area contributed by atoms with Crippen molar-refractivity contribution in [3.63, 3.8) is 0 Å². The van der Waals surface area contributed by atoms with Crippen LogP contribution in [0.25, 0.3) is 16.9 Å². The van der Waals surface area contributed by atoms with Crippen LogP contribution in [0.15, 0.2) is 76.7 Å². The van der Waals surface area contributed by atoms with Gasteiger partial charge in [0, 0.05) is 43.7 Å². The summed E-state index contributed by atoms with van der Waals surface area (Å²) in [5.74, 6) is 0.706. The first kappa shape index (κ1) is 25.3. The summed E-state index contributed by atoms with van der Waals surface area (Å²) in [7, 11) is 0. The van der Waals surface area contributed by atoms with E-state index in [9.17, 15) is 19.5 Å². The van der Waals surface area contributed by atoms with Crippen LogP contribution in [0.3, 0.4) is 0 Å². The minimum Gasteiger partial charge on any atom is -0.388 e. The van der Waals surface area contributed by atoms with Crippen molar-refractivity contribution in [1.82, 2.24) is 29.3 Å². The topological polar surface area (TPSA) is 125 Å². The number of nitrogens with zero attached hydrogens (tertiary/aromatic N) is 4. The van der Waals surface area contributed by atoms with Crippen LogP contribution in [0, 0.1) is 5.92 Å². The van der Waals surface area contributed by atoms with Crippen molar-refractivity contribution in [3.05, 3.63) is 93.4 Å². The molecule has 2 atom stereocenters. The van der Waals surface area contributed by atoms with Crippen molar-refractivity contribution in [3.8, 4) is 5.82 Å². The minimum atomic E-state index is -1.11. The molecule has 0 radical (unpaired) electrons. The van der Waals surface area contributed by atoms with E-state index in [2.05, 4.69) is 27.4 Å². The van der Waals surface area contributed by atoms with Crippen LogP contribution >= 0.6 is 0 Å². The van der Waals surface area contributed by atoms with Gasteiger partial charge in [0.2, 0.25) is 11.5 Å². The number of fused-ring (bicyclic) bond motifs is 1. The number of nitrogens with one attached hydrogen (secondary N) is 2. The zero-order valence-corrected chi connectivity index (χ0v) is 21.6. The maximum Gasteiger partial charge on any atom is 0.262 e. The van der Waals surface area contributed by atoms with E-state index in [0.717, 1.165) is 19.5 Å². The van der Waals surface area contributed by atoms with Crippen molar-refractivity contribution in [2.75, 3.05) is 26.2 Å². The Morgan fingerprint density at radius 3 is 2.62 bits per heavy atom. The van der Waals surface area contributed by atoms with Gasteiger partial charge in [-0.25, -0.2) is 4.98 Å². The summed E-state index contributed by atoms with van der Waals surface area (Å²) in [5, 5.41) is 15.2. The summed E-state index contributed by atoms with van der Waals surface area (Å²) >= 11 is 0. The van der Waals surface area contributed by atoms with Crippen LogP contribution in [-0.2, 0) is 11.3 Å². The van der Waals surface area contributed by atoms with Gasteiger partial charge in [-0.3, -0.25) is 23.5 Å². The smallest absolute Gasteiger partial charge is 0.262 e. The number of amides is 1. The summed E-state index contributed by atoms with van der Waals surface area (Å²) in [6.07, 6.45) is 4.69. The second kappa shape index (κ2) is 10.3. The molecule has 0 aliphatic carbocycles. The SMILES string of the molecule is O=C([C@@H]1CCNC[C@H]1c1ccccc1)N1CCC(O)(Cn2cnc3c(ccn3-c3cccc(=O)[nH]3)c2=O)CC1. The second-order valence-electron chi connectivity index (χ2n) is 10.7. The molecule has 0 saturated carbocycles. The predicted molar refractivity (Wildman–Crippen MR) is 147 cm³/mol. The average Bonchev–Trinajstić information content (AvgIpc) is 3.40. The third-order valence-corrected chi connectivity index (χ3v) is 8.18. The van der Waals surface area contributed by atoms with Crippen LogP contribution in [0.2, 0.25) is 0 Å². The first-order valence-corrected chi connectivity index (χ1v) is 13.4. The Balaban J connectivity index is 1.15. The second-order valence-corrected chi connectivity index (χ2v) is 10.7. The largest absolute Gasteiger partial charge is 0.388 e. The number of H-pyrrole nitrogens is 1. The van der Waals surface area contributed by atoms with Crippen molar-refractivity contribution >= 4 is 16.9 Å². The van der Waals surface area contributed by atoms with E-state index < -0.39 is 5.60 Å². The lowest BCUT2D eigenvalue weighted by Gasteiger charge is -2.41. The van der Waals surface area contributed by atoms with Gasteiger partial charge in [0.1, 0.15) is 12.1 Å². The van der Waals surface area contributed by atoms with Gasteiger partial charge in [-0.15, -0.1) is 0 Å². The Morgan fingerprint density at radius 1 is 1.05 bits per heavy atom. The van der Waals surface area contributed by atoms with Gasteiger partial charge >= 0.3 is 0 Å². The molecule has 202 valence electrons. The molecule has 3 N–H and O–H groups in total. The number of aromatic nitrogens is 4. The maximum atomic E-state index is 13.6. The Hall–Kier alpha value is -4.02. The van der Waals surface area contributed by atoms with E-state index in [-0.39, 0.29) is 35.4 Å². The highest BCUT2D eigenvalue weighted by Crippen LogP contribution is 2.33. The number of carbonyl (C=O) groups is 1. The normalized spacial score (nSPS) is 21.2. The Morgan fingerprint density at radius 2 is 1.85 bits per heavy atom. The molecule has 1 aromatic carbocycles. The molecule has 4 aromatic rings. The third-order valence-electron chi connectivity index (χ3n) is 8.18. The number of hydrogen-bond acceptors (Lipinski definition) is 6. The molecule has 3 aromatic heterocycles. The summed E-state index contributed by atoms with van der Waals surface area (Å²) < 4.78 is 3.10. The number of aromatic amines is 1. The number of likely N-dealkylation sites (tertiary alicyclic amines) is 1. The lowest BCUT2D eigenvalue weighted by atomic mass is 9.80. The van der Waals surface area contributed by atoms with E-state index in [1.807, 2.05) is 23.1 Å². The van der Waals surface area contributed by atoms with E-state index in [1.54, 1.807) is 29.0 Å². The zero-order chi connectivity index (χ0) is 27.0. The first-order valence-electron chi connectivity index (χ1n) is 13.4. The molecule has 0 bridgehead atoms. The monoisotopic (exact) mass is 528 g/mol. The molecule has 10 heteroatoms. The fourth-order valence-electron chi connectivity index (χ4n) is 6.00. The molecule has 0 unspecified atom stereocenters.